The molecule has 0 aliphatic heterocycles. The van der Waals surface area contributed by atoms with E-state index in [9.17, 15) is 4.39 Å². The van der Waals surface area contributed by atoms with Crippen LogP contribution in [0.5, 0.6) is 17.4 Å². The van der Waals surface area contributed by atoms with Crippen molar-refractivity contribution in [3.05, 3.63) is 41.3 Å². The topological polar surface area (TPSA) is 44.2 Å². The van der Waals surface area contributed by atoms with Gasteiger partial charge in [-0.05, 0) is 34.1 Å². The molecule has 0 aromatic carbocycles. The molecule has 0 N–H and O–H groups in total. The zero-order chi connectivity index (χ0) is 12.8. The monoisotopic (exact) mass is 312 g/mol. The van der Waals surface area contributed by atoms with Gasteiger partial charge in [0, 0.05) is 16.9 Å². The Kier molecular flexibility index (Phi) is 4.46. The molecule has 0 spiro atoms. The Hall–Kier alpha value is -1.69. The number of aromatic nitrogens is 2. The summed E-state index contributed by atoms with van der Waals surface area (Å²) in [5.74, 6) is 1.20. The quantitative estimate of drug-likeness (QED) is 0.849. The van der Waals surface area contributed by atoms with Crippen LogP contribution in [0.25, 0.3) is 0 Å². The lowest BCUT2D eigenvalue weighted by Gasteiger charge is -2.09. The molecule has 0 saturated carbocycles. The molecular weight excluding hydrogens is 303 g/mol. The zero-order valence-electron chi connectivity index (χ0n) is 9.35. The van der Waals surface area contributed by atoms with Gasteiger partial charge >= 0.3 is 0 Å². The summed E-state index contributed by atoms with van der Waals surface area (Å²) in [4.78, 5) is 8.02. The molecule has 0 atom stereocenters. The Bertz CT molecular complexity index is 525. The van der Waals surface area contributed by atoms with Crippen LogP contribution in [0.15, 0.2) is 41.3 Å². The molecule has 0 amide bonds. The molecule has 0 bridgehead atoms. The Labute approximate surface area is 112 Å². The lowest BCUT2D eigenvalue weighted by molar-refractivity contribution is 0.261. The maximum Gasteiger partial charge on any atom is 0.262 e. The summed E-state index contributed by atoms with van der Waals surface area (Å²) in [6, 6.07) is 5.11. The minimum absolute atomic E-state index is 0.0290. The molecule has 0 fully saturated rings. The van der Waals surface area contributed by atoms with Gasteiger partial charge in [0.2, 0.25) is 0 Å². The van der Waals surface area contributed by atoms with Crippen LogP contribution in [0.2, 0.25) is 0 Å². The van der Waals surface area contributed by atoms with Gasteiger partial charge in [-0.2, -0.15) is 0 Å². The van der Waals surface area contributed by atoms with Crippen LogP contribution in [-0.2, 0) is 0 Å². The average Bonchev–Trinajstić information content (AvgIpc) is 2.38. The number of hydrogen-bond acceptors (Lipinski definition) is 4. The van der Waals surface area contributed by atoms with Crippen molar-refractivity contribution in [1.82, 2.24) is 9.97 Å². The fraction of sp³-hybridized carbons (Fsp3) is 0.167. The van der Waals surface area contributed by atoms with E-state index in [1.165, 1.54) is 0 Å². The fourth-order valence-corrected chi connectivity index (χ4v) is 1.61. The highest BCUT2D eigenvalue weighted by atomic mass is 79.9. The van der Waals surface area contributed by atoms with E-state index >= 15 is 0 Å². The number of pyridine rings is 2. The van der Waals surface area contributed by atoms with Crippen molar-refractivity contribution in [2.24, 2.45) is 0 Å². The molecule has 18 heavy (non-hydrogen) atoms. The first-order valence-electron chi connectivity index (χ1n) is 5.22. The van der Waals surface area contributed by atoms with E-state index in [4.69, 9.17) is 9.47 Å². The lowest BCUT2D eigenvalue weighted by atomic mass is 10.4. The minimum atomic E-state index is -0.563. The molecule has 94 valence electrons. The summed E-state index contributed by atoms with van der Waals surface area (Å²) in [5, 5.41) is 0. The van der Waals surface area contributed by atoms with E-state index in [1.807, 2.05) is 0 Å². The summed E-state index contributed by atoms with van der Waals surface area (Å²) < 4.78 is 23.6. The van der Waals surface area contributed by atoms with E-state index < -0.39 is 6.67 Å². The zero-order valence-corrected chi connectivity index (χ0v) is 10.9. The number of nitrogens with zero attached hydrogens (tertiary/aromatic N) is 2. The number of alkyl halides is 1. The Balaban J connectivity index is 2.17. The molecule has 0 radical (unpaired) electrons. The highest BCUT2D eigenvalue weighted by Gasteiger charge is 2.07. The molecule has 0 aliphatic rings. The van der Waals surface area contributed by atoms with Crippen LogP contribution >= 0.6 is 15.9 Å². The van der Waals surface area contributed by atoms with Gasteiger partial charge < -0.3 is 9.47 Å². The smallest absolute Gasteiger partial charge is 0.262 e. The van der Waals surface area contributed by atoms with Gasteiger partial charge in [-0.3, -0.25) is 4.98 Å². The molecule has 6 heteroatoms. The second-order valence-corrected chi connectivity index (χ2v) is 4.20. The molecule has 2 heterocycles. The minimum Gasteiger partial charge on any atom is -0.485 e. The van der Waals surface area contributed by atoms with Crippen molar-refractivity contribution in [1.29, 1.82) is 0 Å². The highest BCUT2D eigenvalue weighted by molar-refractivity contribution is 9.10. The molecule has 2 aromatic heterocycles. The molecule has 0 unspecified atom stereocenters. The van der Waals surface area contributed by atoms with E-state index in [0.717, 1.165) is 4.47 Å². The van der Waals surface area contributed by atoms with Crippen LogP contribution in [-0.4, -0.2) is 23.2 Å². The van der Waals surface area contributed by atoms with Gasteiger partial charge in [-0.15, -0.1) is 0 Å². The first-order valence-corrected chi connectivity index (χ1v) is 6.01. The highest BCUT2D eigenvalue weighted by Crippen LogP contribution is 2.29. The first kappa shape index (κ1) is 12.8. The fourth-order valence-electron chi connectivity index (χ4n) is 1.27. The van der Waals surface area contributed by atoms with Gasteiger partial charge in [-0.25, -0.2) is 9.37 Å². The predicted molar refractivity (Wildman–Crippen MR) is 67.7 cm³/mol. The average molecular weight is 313 g/mol. The summed E-state index contributed by atoms with van der Waals surface area (Å²) in [5.41, 5.74) is 0. The van der Waals surface area contributed by atoms with Crippen molar-refractivity contribution in [2.45, 2.75) is 0 Å². The Morgan fingerprint density at radius 2 is 2.22 bits per heavy atom. The number of rotatable bonds is 5. The molecular formula is C12H10BrFN2O2. The third-order valence-electron chi connectivity index (χ3n) is 1.97. The van der Waals surface area contributed by atoms with Crippen LogP contribution < -0.4 is 9.47 Å². The molecule has 2 rings (SSSR count). The maximum absolute atomic E-state index is 12.1. The summed E-state index contributed by atoms with van der Waals surface area (Å²) in [7, 11) is 0. The van der Waals surface area contributed by atoms with Crippen molar-refractivity contribution in [2.75, 3.05) is 13.3 Å². The maximum atomic E-state index is 12.1. The largest absolute Gasteiger partial charge is 0.485 e. The summed E-state index contributed by atoms with van der Waals surface area (Å²) >= 11 is 3.29. The summed E-state index contributed by atoms with van der Waals surface area (Å²) in [6.07, 6.45) is 4.77. The lowest BCUT2D eigenvalue weighted by Crippen LogP contribution is -2.01. The molecule has 4 nitrogen and oxygen atoms in total. The van der Waals surface area contributed by atoms with Crippen molar-refractivity contribution < 1.29 is 13.9 Å². The van der Waals surface area contributed by atoms with E-state index in [2.05, 4.69) is 25.9 Å². The Morgan fingerprint density at radius 3 is 3.00 bits per heavy atom. The van der Waals surface area contributed by atoms with Gasteiger partial charge in [0.1, 0.15) is 19.0 Å². The number of halogens is 2. The van der Waals surface area contributed by atoms with Gasteiger partial charge in [0.25, 0.3) is 5.88 Å². The predicted octanol–water partition coefficient (Wildman–Crippen LogP) is 3.38. The second kappa shape index (κ2) is 6.30. The number of hydrogen-bond donors (Lipinski definition) is 0. The molecule has 2 aromatic rings. The standard InChI is InChI=1S/C12H10BrFN2O2/c13-9-6-10(8-15-7-9)18-12-11(17-5-3-14)2-1-4-16-12/h1-2,4,6-8H,3,5H2. The Morgan fingerprint density at radius 1 is 1.33 bits per heavy atom. The van der Waals surface area contributed by atoms with E-state index in [0.29, 0.717) is 11.5 Å². The third-order valence-corrected chi connectivity index (χ3v) is 2.40. The van der Waals surface area contributed by atoms with Crippen LogP contribution in [0.4, 0.5) is 4.39 Å². The third kappa shape index (κ3) is 3.40. The van der Waals surface area contributed by atoms with Crippen molar-refractivity contribution in [3.63, 3.8) is 0 Å². The van der Waals surface area contributed by atoms with Crippen molar-refractivity contribution in [3.8, 4) is 17.4 Å². The second-order valence-electron chi connectivity index (χ2n) is 3.29. The van der Waals surface area contributed by atoms with E-state index in [1.54, 1.807) is 36.8 Å². The van der Waals surface area contributed by atoms with Crippen LogP contribution in [0, 0.1) is 0 Å². The summed E-state index contributed by atoms with van der Waals surface area (Å²) in [6.45, 7) is -0.592. The normalized spacial score (nSPS) is 10.1. The van der Waals surface area contributed by atoms with Gasteiger partial charge in [0.15, 0.2) is 5.75 Å². The SMILES string of the molecule is FCCOc1cccnc1Oc1cncc(Br)c1. The van der Waals surface area contributed by atoms with Crippen LogP contribution in [0.1, 0.15) is 0 Å². The number of ether oxygens (including phenoxy) is 2. The van der Waals surface area contributed by atoms with Crippen molar-refractivity contribution >= 4 is 15.9 Å². The van der Waals surface area contributed by atoms with Crippen LogP contribution in [0.3, 0.4) is 0 Å². The molecule has 0 aliphatic carbocycles. The van der Waals surface area contributed by atoms with Gasteiger partial charge in [0.05, 0.1) is 6.20 Å². The van der Waals surface area contributed by atoms with E-state index in [-0.39, 0.29) is 12.5 Å². The first-order chi connectivity index (χ1) is 8.79. The molecule has 0 saturated heterocycles. The van der Waals surface area contributed by atoms with Gasteiger partial charge in [-0.1, -0.05) is 0 Å².